The molecule has 1 aromatic heterocycles. The topological polar surface area (TPSA) is 83.7 Å². The van der Waals surface area contributed by atoms with Crippen molar-refractivity contribution >= 4 is 33.8 Å². The molecule has 1 fully saturated rings. The molecule has 8 heteroatoms. The van der Waals surface area contributed by atoms with Crippen LogP contribution in [0.3, 0.4) is 0 Å². The number of amides is 1. The fourth-order valence-corrected chi connectivity index (χ4v) is 6.08. The van der Waals surface area contributed by atoms with Crippen LogP contribution in [-0.2, 0) is 14.8 Å². The maximum atomic E-state index is 13.5. The first-order chi connectivity index (χ1) is 16.7. The van der Waals surface area contributed by atoms with Gasteiger partial charge in [-0.2, -0.15) is 4.31 Å². The normalized spacial score (nSPS) is 15.5. The van der Waals surface area contributed by atoms with Gasteiger partial charge in [-0.3, -0.25) is 4.79 Å². The van der Waals surface area contributed by atoms with Crippen LogP contribution in [0.5, 0.6) is 0 Å². The maximum absolute atomic E-state index is 13.5. The molecular formula is C27H31N3O4S. The highest BCUT2D eigenvalue weighted by Gasteiger charge is 2.36. The molecule has 0 saturated carbocycles. The van der Waals surface area contributed by atoms with E-state index >= 15 is 0 Å². The summed E-state index contributed by atoms with van der Waals surface area (Å²) in [5, 5.41) is 3.92. The van der Waals surface area contributed by atoms with Crippen molar-refractivity contribution in [1.82, 2.24) is 9.46 Å². The van der Waals surface area contributed by atoms with E-state index in [9.17, 15) is 13.2 Å². The van der Waals surface area contributed by atoms with E-state index in [1.807, 2.05) is 68.5 Å². The van der Waals surface area contributed by atoms with Crippen molar-refractivity contribution in [2.24, 2.45) is 5.92 Å². The molecule has 2 aromatic carbocycles. The largest absolute Gasteiger partial charge is 0.355 e. The lowest BCUT2D eigenvalue weighted by molar-refractivity contribution is -0.123. The summed E-state index contributed by atoms with van der Waals surface area (Å²) in [6.07, 6.45) is 4.38. The lowest BCUT2D eigenvalue weighted by atomic mass is 9.96. The molecule has 0 bridgehead atoms. The van der Waals surface area contributed by atoms with E-state index in [2.05, 4.69) is 5.16 Å². The standard InChI is InChI=1S/C27H31N3O4S/c1-19-8-10-22(11-9-19)12-13-25-26(21(3)28-34-25)35(32,33)30-16-14-23(15-17-30)27(31)29(4)24-7-5-6-20(2)18-24/h5-13,18,23H,14-17H2,1-4H3/b13-12+. The predicted molar refractivity (Wildman–Crippen MR) is 137 cm³/mol. The molecule has 2 heterocycles. The Labute approximate surface area is 207 Å². The zero-order chi connectivity index (χ0) is 25.2. The highest BCUT2D eigenvalue weighted by atomic mass is 32.2. The summed E-state index contributed by atoms with van der Waals surface area (Å²) < 4.78 is 33.8. The Morgan fingerprint density at radius 2 is 1.71 bits per heavy atom. The van der Waals surface area contributed by atoms with E-state index in [0.29, 0.717) is 18.5 Å². The molecule has 4 rings (SSSR count). The number of piperidine rings is 1. The van der Waals surface area contributed by atoms with Crippen LogP contribution in [0.1, 0.15) is 41.0 Å². The number of hydrogen-bond acceptors (Lipinski definition) is 5. The minimum absolute atomic E-state index is 0.00975. The van der Waals surface area contributed by atoms with Crippen molar-refractivity contribution in [3.63, 3.8) is 0 Å². The van der Waals surface area contributed by atoms with Gasteiger partial charge in [0.15, 0.2) is 10.7 Å². The van der Waals surface area contributed by atoms with Crippen LogP contribution < -0.4 is 4.90 Å². The summed E-state index contributed by atoms with van der Waals surface area (Å²) in [5.41, 5.74) is 4.33. The second kappa shape index (κ2) is 10.2. The van der Waals surface area contributed by atoms with Crippen LogP contribution in [0, 0.1) is 26.7 Å². The van der Waals surface area contributed by atoms with Gasteiger partial charge in [-0.05, 0) is 62.9 Å². The smallest absolute Gasteiger partial charge is 0.248 e. The van der Waals surface area contributed by atoms with Gasteiger partial charge < -0.3 is 9.42 Å². The van der Waals surface area contributed by atoms with E-state index < -0.39 is 10.0 Å². The molecule has 1 saturated heterocycles. The zero-order valence-corrected chi connectivity index (χ0v) is 21.4. The Morgan fingerprint density at radius 3 is 2.37 bits per heavy atom. The van der Waals surface area contributed by atoms with Crippen LogP contribution in [-0.4, -0.2) is 43.9 Å². The first-order valence-corrected chi connectivity index (χ1v) is 13.2. The van der Waals surface area contributed by atoms with Gasteiger partial charge in [-0.25, -0.2) is 8.42 Å². The third-order valence-electron chi connectivity index (χ3n) is 6.46. The average molecular weight is 494 g/mol. The quantitative estimate of drug-likeness (QED) is 0.491. The first kappa shape index (κ1) is 24.9. The van der Waals surface area contributed by atoms with Crippen molar-refractivity contribution in [3.05, 3.63) is 76.7 Å². The van der Waals surface area contributed by atoms with E-state index in [0.717, 1.165) is 22.4 Å². The lowest BCUT2D eigenvalue weighted by Crippen LogP contribution is -2.43. The van der Waals surface area contributed by atoms with Gasteiger partial charge >= 0.3 is 0 Å². The zero-order valence-electron chi connectivity index (χ0n) is 20.6. The maximum Gasteiger partial charge on any atom is 0.248 e. The van der Waals surface area contributed by atoms with E-state index in [1.165, 1.54) is 4.31 Å². The summed E-state index contributed by atoms with van der Waals surface area (Å²) in [6, 6.07) is 15.7. The Balaban J connectivity index is 1.47. The molecule has 35 heavy (non-hydrogen) atoms. The third-order valence-corrected chi connectivity index (χ3v) is 8.52. The molecule has 0 N–H and O–H groups in total. The van der Waals surface area contributed by atoms with Gasteiger partial charge in [-0.15, -0.1) is 0 Å². The van der Waals surface area contributed by atoms with Gasteiger partial charge in [0.05, 0.1) is 0 Å². The number of anilines is 1. The number of carbonyl (C=O) groups excluding carboxylic acids is 1. The van der Waals surface area contributed by atoms with Crippen molar-refractivity contribution in [1.29, 1.82) is 0 Å². The molecular weight excluding hydrogens is 462 g/mol. The second-order valence-corrected chi connectivity index (χ2v) is 11.0. The molecule has 0 unspecified atom stereocenters. The predicted octanol–water partition coefficient (Wildman–Crippen LogP) is 4.83. The molecule has 0 spiro atoms. The van der Waals surface area contributed by atoms with Gasteiger partial charge in [0.1, 0.15) is 5.69 Å². The van der Waals surface area contributed by atoms with E-state index in [-0.39, 0.29) is 35.6 Å². The number of carbonyl (C=O) groups is 1. The summed E-state index contributed by atoms with van der Waals surface area (Å²) in [4.78, 5) is 14.8. The minimum atomic E-state index is -3.82. The molecule has 184 valence electrons. The van der Waals surface area contributed by atoms with Crippen LogP contribution in [0.4, 0.5) is 5.69 Å². The SMILES string of the molecule is Cc1ccc(/C=C/c2onc(C)c2S(=O)(=O)N2CCC(C(=O)N(C)c3cccc(C)c3)CC2)cc1. The van der Waals surface area contributed by atoms with Crippen molar-refractivity contribution < 1.29 is 17.7 Å². The molecule has 3 aromatic rings. The molecule has 0 atom stereocenters. The Bertz CT molecular complexity index is 1340. The summed E-state index contributed by atoms with van der Waals surface area (Å²) >= 11 is 0. The molecule has 1 aliphatic rings. The number of nitrogens with zero attached hydrogens (tertiary/aromatic N) is 3. The minimum Gasteiger partial charge on any atom is -0.355 e. The fraction of sp³-hybridized carbons (Fsp3) is 0.333. The van der Waals surface area contributed by atoms with Crippen LogP contribution in [0.2, 0.25) is 0 Å². The van der Waals surface area contributed by atoms with Crippen LogP contribution in [0.25, 0.3) is 12.2 Å². The number of aryl methyl sites for hydroxylation is 3. The Morgan fingerprint density at radius 1 is 1.03 bits per heavy atom. The molecule has 7 nitrogen and oxygen atoms in total. The molecule has 0 radical (unpaired) electrons. The highest BCUT2D eigenvalue weighted by Crippen LogP contribution is 2.30. The molecule has 1 amide bonds. The van der Waals surface area contributed by atoms with Crippen molar-refractivity contribution in [3.8, 4) is 0 Å². The van der Waals surface area contributed by atoms with Crippen LogP contribution in [0.15, 0.2) is 57.9 Å². The Kier molecular flexibility index (Phi) is 7.23. The van der Waals surface area contributed by atoms with Gasteiger partial charge in [0, 0.05) is 31.7 Å². The fourth-order valence-electron chi connectivity index (χ4n) is 4.36. The molecule has 1 aliphatic heterocycles. The van der Waals surface area contributed by atoms with Gasteiger partial charge in [0.2, 0.25) is 15.9 Å². The van der Waals surface area contributed by atoms with Gasteiger partial charge in [0.25, 0.3) is 0 Å². The first-order valence-electron chi connectivity index (χ1n) is 11.7. The van der Waals surface area contributed by atoms with E-state index in [1.54, 1.807) is 24.9 Å². The number of hydrogen-bond donors (Lipinski definition) is 0. The monoisotopic (exact) mass is 493 g/mol. The molecule has 0 aliphatic carbocycles. The summed E-state index contributed by atoms with van der Waals surface area (Å²) in [6.45, 7) is 6.17. The number of aromatic nitrogens is 1. The lowest BCUT2D eigenvalue weighted by Gasteiger charge is -2.32. The van der Waals surface area contributed by atoms with Crippen molar-refractivity contribution in [2.45, 2.75) is 38.5 Å². The summed E-state index contributed by atoms with van der Waals surface area (Å²) in [5.74, 6) is -0.00702. The number of sulfonamides is 1. The Hall–Kier alpha value is -3.23. The number of rotatable bonds is 6. The number of benzene rings is 2. The third kappa shape index (κ3) is 5.39. The highest BCUT2D eigenvalue weighted by molar-refractivity contribution is 7.89. The summed E-state index contributed by atoms with van der Waals surface area (Å²) in [7, 11) is -2.05. The average Bonchev–Trinajstić information content (AvgIpc) is 3.24. The second-order valence-electron chi connectivity index (χ2n) is 9.12. The van der Waals surface area contributed by atoms with Gasteiger partial charge in [-0.1, -0.05) is 53.2 Å². The van der Waals surface area contributed by atoms with Crippen LogP contribution >= 0.6 is 0 Å². The van der Waals surface area contributed by atoms with E-state index in [4.69, 9.17) is 4.52 Å². The van der Waals surface area contributed by atoms with Crippen molar-refractivity contribution in [2.75, 3.05) is 25.0 Å².